The molecule has 2 atom stereocenters. The first-order valence-electron chi connectivity index (χ1n) is 9.98. The third-order valence-electron chi connectivity index (χ3n) is 6.30. The molecular weight excluding hydrogens is 344 g/mol. The minimum Gasteiger partial charge on any atom is -0.416 e. The molecule has 152 valence electrons. The highest BCUT2D eigenvalue weighted by molar-refractivity contribution is 6.74. The Morgan fingerprint density at radius 1 is 0.840 bits per heavy atom. The van der Waals surface area contributed by atoms with E-state index in [1.54, 1.807) is 0 Å². The van der Waals surface area contributed by atoms with Gasteiger partial charge in [-0.1, -0.05) is 48.5 Å². The maximum Gasteiger partial charge on any atom is 0.192 e. The Morgan fingerprint density at radius 2 is 1.32 bits per heavy atom. The molecule has 0 aliphatic heterocycles. The topological polar surface area (TPSA) is 38.7 Å². The van der Waals surface area contributed by atoms with E-state index in [2.05, 4.69) is 74.7 Å². The predicted octanol–water partition coefficient (Wildman–Crippen LogP) is 6.20. The van der Waals surface area contributed by atoms with Gasteiger partial charge in [-0.05, 0) is 55.5 Å². The van der Waals surface area contributed by atoms with E-state index in [4.69, 9.17) is 14.0 Å². The second-order valence-corrected chi connectivity index (χ2v) is 20.3. The molecule has 1 N–H and O–H groups in total. The van der Waals surface area contributed by atoms with Gasteiger partial charge >= 0.3 is 0 Å². The molecular formula is C20H46O3Si2. The minimum atomic E-state index is -1.81. The van der Waals surface area contributed by atoms with E-state index < -0.39 is 16.6 Å². The van der Waals surface area contributed by atoms with Gasteiger partial charge in [0.1, 0.15) is 0 Å². The molecule has 0 heterocycles. The van der Waals surface area contributed by atoms with Crippen LogP contribution in [0.1, 0.15) is 67.7 Å². The summed E-state index contributed by atoms with van der Waals surface area (Å²) in [4.78, 5) is 0. The van der Waals surface area contributed by atoms with Crippen molar-refractivity contribution < 1.29 is 14.0 Å². The molecule has 0 saturated carbocycles. The summed E-state index contributed by atoms with van der Waals surface area (Å²) in [5.74, 6) is 0.377. The summed E-state index contributed by atoms with van der Waals surface area (Å²) in [5.41, 5.74) is 0. The predicted molar refractivity (Wildman–Crippen MR) is 115 cm³/mol. The highest BCUT2D eigenvalue weighted by Gasteiger charge is 2.41. The maximum absolute atomic E-state index is 9.13. The van der Waals surface area contributed by atoms with Gasteiger partial charge in [-0.15, -0.1) is 0 Å². The second kappa shape index (κ2) is 9.49. The Morgan fingerprint density at radius 3 is 1.72 bits per heavy atom. The van der Waals surface area contributed by atoms with Crippen LogP contribution in [-0.2, 0) is 8.85 Å². The number of aliphatic hydroxyl groups excluding tert-OH is 1. The fraction of sp³-hybridized carbons (Fsp3) is 1.00. The highest BCUT2D eigenvalue weighted by atomic mass is 28.4. The number of rotatable bonds is 10. The molecule has 5 heteroatoms. The Hall–Kier alpha value is 0.314. The van der Waals surface area contributed by atoms with E-state index in [1.165, 1.54) is 0 Å². The normalized spacial score (nSPS) is 16.8. The van der Waals surface area contributed by atoms with Gasteiger partial charge in [0.05, 0.1) is 0 Å². The zero-order valence-electron chi connectivity index (χ0n) is 19.0. The first-order chi connectivity index (χ1) is 11.0. The van der Waals surface area contributed by atoms with Gasteiger partial charge in [0.2, 0.25) is 0 Å². The summed E-state index contributed by atoms with van der Waals surface area (Å²) in [5, 5.41) is 9.57. The van der Waals surface area contributed by atoms with Crippen molar-refractivity contribution in [2.45, 2.75) is 110 Å². The van der Waals surface area contributed by atoms with Gasteiger partial charge in [0.15, 0.2) is 16.6 Å². The van der Waals surface area contributed by atoms with Crippen molar-refractivity contribution in [1.82, 2.24) is 0 Å². The monoisotopic (exact) mass is 390 g/mol. The SMILES string of the molecule is C[C@@H](CO[Si](C)(C)C(C)(C)C)[C@H](CCCCO)O[Si](C)(C)C(C)(C)C. The van der Waals surface area contributed by atoms with Crippen LogP contribution in [0.4, 0.5) is 0 Å². The van der Waals surface area contributed by atoms with E-state index >= 15 is 0 Å². The summed E-state index contributed by atoms with van der Waals surface area (Å²) in [6, 6.07) is 0. The third-order valence-corrected chi connectivity index (χ3v) is 15.3. The van der Waals surface area contributed by atoms with E-state index in [0.717, 1.165) is 25.9 Å². The largest absolute Gasteiger partial charge is 0.416 e. The van der Waals surface area contributed by atoms with Crippen molar-refractivity contribution in [2.75, 3.05) is 13.2 Å². The van der Waals surface area contributed by atoms with Gasteiger partial charge in [-0.2, -0.15) is 0 Å². The van der Waals surface area contributed by atoms with Crippen LogP contribution in [-0.4, -0.2) is 41.1 Å². The molecule has 0 aliphatic rings. The van der Waals surface area contributed by atoms with Crippen LogP contribution in [0.3, 0.4) is 0 Å². The molecule has 0 radical (unpaired) electrons. The number of hydrogen-bond donors (Lipinski definition) is 1. The molecule has 0 unspecified atom stereocenters. The lowest BCUT2D eigenvalue weighted by molar-refractivity contribution is 0.0783. The summed E-state index contributed by atoms with van der Waals surface area (Å²) < 4.78 is 13.2. The van der Waals surface area contributed by atoms with Gasteiger partial charge in [-0.25, -0.2) is 0 Å². The maximum atomic E-state index is 9.13. The lowest BCUT2D eigenvalue weighted by Gasteiger charge is -2.42. The highest BCUT2D eigenvalue weighted by Crippen LogP contribution is 2.40. The van der Waals surface area contributed by atoms with Crippen molar-refractivity contribution in [1.29, 1.82) is 0 Å². The Labute approximate surface area is 160 Å². The first kappa shape index (κ1) is 25.3. The zero-order chi connectivity index (χ0) is 20.1. The third kappa shape index (κ3) is 8.25. The van der Waals surface area contributed by atoms with Crippen LogP contribution < -0.4 is 0 Å². The van der Waals surface area contributed by atoms with E-state index in [-0.39, 0.29) is 22.8 Å². The minimum absolute atomic E-state index is 0.211. The lowest BCUT2D eigenvalue weighted by Crippen LogP contribution is -2.47. The summed E-state index contributed by atoms with van der Waals surface area (Å²) >= 11 is 0. The van der Waals surface area contributed by atoms with Crippen LogP contribution in [0.2, 0.25) is 36.3 Å². The molecule has 0 saturated heterocycles. The second-order valence-electron chi connectivity index (χ2n) is 10.7. The van der Waals surface area contributed by atoms with Gasteiger partial charge in [0, 0.05) is 25.2 Å². The van der Waals surface area contributed by atoms with Crippen molar-refractivity contribution in [2.24, 2.45) is 5.92 Å². The van der Waals surface area contributed by atoms with Crippen LogP contribution in [0.25, 0.3) is 0 Å². The smallest absolute Gasteiger partial charge is 0.192 e. The Balaban J connectivity index is 5.02. The van der Waals surface area contributed by atoms with Gasteiger partial charge in [-0.3, -0.25) is 0 Å². The average molecular weight is 391 g/mol. The molecule has 0 aromatic carbocycles. The van der Waals surface area contributed by atoms with Crippen molar-refractivity contribution in [3.8, 4) is 0 Å². The molecule has 3 nitrogen and oxygen atoms in total. The van der Waals surface area contributed by atoms with Crippen LogP contribution in [0, 0.1) is 5.92 Å². The van der Waals surface area contributed by atoms with Crippen LogP contribution in [0.5, 0.6) is 0 Å². The number of aliphatic hydroxyl groups is 1. The van der Waals surface area contributed by atoms with Crippen molar-refractivity contribution in [3.05, 3.63) is 0 Å². The van der Waals surface area contributed by atoms with Crippen LogP contribution in [0.15, 0.2) is 0 Å². The number of hydrogen-bond acceptors (Lipinski definition) is 3. The van der Waals surface area contributed by atoms with Crippen molar-refractivity contribution >= 4 is 16.6 Å². The summed E-state index contributed by atoms with van der Waals surface area (Å²) in [6.07, 6.45) is 3.10. The number of unbranched alkanes of at least 4 members (excludes halogenated alkanes) is 1. The van der Waals surface area contributed by atoms with Gasteiger partial charge in [0.25, 0.3) is 0 Å². The zero-order valence-corrected chi connectivity index (χ0v) is 21.0. The molecule has 0 bridgehead atoms. The summed E-state index contributed by atoms with van der Waals surface area (Å²) in [6.45, 7) is 26.3. The fourth-order valence-electron chi connectivity index (χ4n) is 2.14. The Bertz CT molecular complexity index is 381. The molecule has 25 heavy (non-hydrogen) atoms. The summed E-state index contributed by atoms with van der Waals surface area (Å²) in [7, 11) is -3.54. The standard InChI is InChI=1S/C20H46O3Si2/c1-17(16-22-24(8,9)19(2,3)4)18(14-12-13-15-21)23-25(10,11)20(5,6)7/h17-18,21H,12-16H2,1-11H3/t17-,18-/m0/s1. The molecule has 0 aromatic rings. The van der Waals surface area contributed by atoms with E-state index in [1.807, 2.05) is 0 Å². The first-order valence-corrected chi connectivity index (χ1v) is 15.8. The lowest BCUT2D eigenvalue weighted by atomic mass is 10.0. The molecule has 0 fully saturated rings. The Kier molecular flexibility index (Phi) is 9.61. The molecule has 0 spiro atoms. The molecule has 0 aliphatic carbocycles. The van der Waals surface area contributed by atoms with E-state index in [9.17, 15) is 0 Å². The molecule has 0 rings (SSSR count). The quantitative estimate of drug-likeness (QED) is 0.356. The average Bonchev–Trinajstić information content (AvgIpc) is 2.41. The van der Waals surface area contributed by atoms with Gasteiger partial charge < -0.3 is 14.0 Å². The fourth-order valence-corrected chi connectivity index (χ4v) is 4.71. The van der Waals surface area contributed by atoms with Crippen LogP contribution >= 0.6 is 0 Å². The van der Waals surface area contributed by atoms with E-state index in [0.29, 0.717) is 5.92 Å². The van der Waals surface area contributed by atoms with Crippen molar-refractivity contribution in [3.63, 3.8) is 0 Å². The molecule has 0 aromatic heterocycles. The molecule has 0 amide bonds.